The molecule has 2 fully saturated rings. The van der Waals surface area contributed by atoms with Gasteiger partial charge in [-0.1, -0.05) is 66.7 Å². The second-order valence-electron chi connectivity index (χ2n) is 9.57. The van der Waals surface area contributed by atoms with E-state index in [1.165, 1.54) is 0 Å². The number of hydrogen-bond donors (Lipinski definition) is 2. The molecule has 0 bridgehead atoms. The molecule has 2 aliphatic rings. The molecule has 37 heavy (non-hydrogen) atoms. The summed E-state index contributed by atoms with van der Waals surface area (Å²) in [5.41, 5.74) is 2.00. The van der Waals surface area contributed by atoms with E-state index in [4.69, 9.17) is 14.2 Å². The van der Waals surface area contributed by atoms with Crippen LogP contribution in [0, 0.1) is 0 Å². The number of amides is 1. The first-order valence-corrected chi connectivity index (χ1v) is 13.7. The fraction of sp³-hybridized carbons (Fsp3) is 0.321. The molecule has 4 atom stereocenters. The van der Waals surface area contributed by atoms with Crippen molar-refractivity contribution < 1.29 is 27.4 Å². The lowest BCUT2D eigenvalue weighted by Gasteiger charge is -2.55. The van der Waals surface area contributed by atoms with Gasteiger partial charge in [0, 0.05) is 24.2 Å². The first-order valence-electron chi connectivity index (χ1n) is 12.2. The Hall–Kier alpha value is -3.08. The van der Waals surface area contributed by atoms with E-state index in [9.17, 15) is 13.2 Å². The SMILES string of the molecule is CC1(C)O[C@@H](CNC(=O)c2ccccc2)C2O[C@H](CNS(=O)(=O)c3ccccc3-c3ccccc3)[C@H]2O1. The highest BCUT2D eigenvalue weighted by Crippen LogP contribution is 2.38. The monoisotopic (exact) mass is 522 g/mol. The van der Waals surface area contributed by atoms with Gasteiger partial charge in [-0.25, -0.2) is 13.1 Å². The molecule has 0 spiro atoms. The summed E-state index contributed by atoms with van der Waals surface area (Å²) >= 11 is 0. The molecule has 5 rings (SSSR count). The number of hydrogen-bond acceptors (Lipinski definition) is 6. The van der Waals surface area contributed by atoms with Crippen molar-refractivity contribution in [1.82, 2.24) is 10.0 Å². The smallest absolute Gasteiger partial charge is 0.251 e. The van der Waals surface area contributed by atoms with E-state index in [2.05, 4.69) is 10.0 Å². The van der Waals surface area contributed by atoms with Gasteiger partial charge >= 0.3 is 0 Å². The minimum atomic E-state index is -3.82. The number of nitrogens with one attached hydrogen (secondary N) is 2. The van der Waals surface area contributed by atoms with E-state index >= 15 is 0 Å². The van der Waals surface area contributed by atoms with Crippen LogP contribution in [0.4, 0.5) is 0 Å². The Morgan fingerprint density at radius 1 is 0.811 bits per heavy atom. The molecule has 0 radical (unpaired) electrons. The predicted molar refractivity (Wildman–Crippen MR) is 138 cm³/mol. The van der Waals surface area contributed by atoms with Crippen LogP contribution in [0.25, 0.3) is 11.1 Å². The van der Waals surface area contributed by atoms with Gasteiger partial charge in [0.1, 0.15) is 24.4 Å². The highest BCUT2D eigenvalue weighted by atomic mass is 32.2. The maximum atomic E-state index is 13.3. The molecule has 1 unspecified atom stereocenters. The van der Waals surface area contributed by atoms with E-state index in [-0.39, 0.29) is 30.0 Å². The van der Waals surface area contributed by atoms with Crippen molar-refractivity contribution in [3.8, 4) is 11.1 Å². The molecule has 194 valence electrons. The van der Waals surface area contributed by atoms with Crippen molar-refractivity contribution in [2.24, 2.45) is 0 Å². The molecule has 2 aliphatic heterocycles. The van der Waals surface area contributed by atoms with Crippen molar-refractivity contribution in [2.45, 2.75) is 48.9 Å². The zero-order valence-corrected chi connectivity index (χ0v) is 21.5. The maximum absolute atomic E-state index is 13.3. The molecule has 0 aromatic heterocycles. The molecule has 2 N–H and O–H groups in total. The summed E-state index contributed by atoms with van der Waals surface area (Å²) < 4.78 is 47.3. The summed E-state index contributed by atoms with van der Waals surface area (Å²) in [6.45, 7) is 3.88. The normalized spacial score (nSPS) is 24.5. The summed E-state index contributed by atoms with van der Waals surface area (Å²) in [7, 11) is -3.82. The Morgan fingerprint density at radius 2 is 1.46 bits per heavy atom. The third-order valence-corrected chi connectivity index (χ3v) is 7.96. The van der Waals surface area contributed by atoms with Gasteiger partial charge in [-0.05, 0) is 37.6 Å². The molecular weight excluding hydrogens is 492 g/mol. The topological polar surface area (TPSA) is 103 Å². The van der Waals surface area contributed by atoms with Gasteiger partial charge < -0.3 is 19.5 Å². The molecule has 0 aliphatic carbocycles. The Labute approximate surface area is 217 Å². The van der Waals surface area contributed by atoms with Crippen molar-refractivity contribution >= 4 is 15.9 Å². The fourth-order valence-electron chi connectivity index (χ4n) is 4.74. The van der Waals surface area contributed by atoms with Crippen molar-refractivity contribution in [3.63, 3.8) is 0 Å². The molecule has 1 amide bonds. The highest BCUT2D eigenvalue weighted by Gasteiger charge is 2.55. The molecule has 3 aromatic carbocycles. The largest absolute Gasteiger partial charge is 0.365 e. The number of ether oxygens (including phenoxy) is 3. The molecular formula is C28H30N2O6S. The Bertz CT molecular complexity index is 1350. The van der Waals surface area contributed by atoms with Gasteiger partial charge in [0.05, 0.1) is 4.90 Å². The van der Waals surface area contributed by atoms with Gasteiger partial charge in [0.25, 0.3) is 5.91 Å². The number of carbonyl (C=O) groups excluding carboxylic acids is 1. The average molecular weight is 523 g/mol. The first-order chi connectivity index (χ1) is 17.7. The van der Waals surface area contributed by atoms with Crippen LogP contribution < -0.4 is 10.0 Å². The molecule has 8 nitrogen and oxygen atoms in total. The van der Waals surface area contributed by atoms with Gasteiger partial charge in [0.2, 0.25) is 10.0 Å². The first kappa shape index (κ1) is 25.6. The zero-order chi connectivity index (χ0) is 26.0. The minimum absolute atomic E-state index is 0.0474. The summed E-state index contributed by atoms with van der Waals surface area (Å²) in [6, 6.07) is 25.2. The fourth-order valence-corrected chi connectivity index (χ4v) is 6.01. The highest BCUT2D eigenvalue weighted by molar-refractivity contribution is 7.89. The van der Waals surface area contributed by atoms with Crippen LogP contribution in [0.15, 0.2) is 89.8 Å². The second kappa shape index (κ2) is 10.4. The van der Waals surface area contributed by atoms with Crippen LogP contribution >= 0.6 is 0 Å². The average Bonchev–Trinajstić information content (AvgIpc) is 2.90. The van der Waals surface area contributed by atoms with Gasteiger partial charge in [0.15, 0.2) is 5.79 Å². The number of rotatable bonds is 8. The van der Waals surface area contributed by atoms with Crippen molar-refractivity contribution in [3.05, 3.63) is 90.5 Å². The van der Waals surface area contributed by atoms with Crippen LogP contribution in [0.5, 0.6) is 0 Å². The van der Waals surface area contributed by atoms with Crippen molar-refractivity contribution in [2.75, 3.05) is 13.1 Å². The van der Waals surface area contributed by atoms with Crippen LogP contribution in [-0.4, -0.2) is 57.6 Å². The molecule has 9 heteroatoms. The lowest BCUT2D eigenvalue weighted by atomic mass is 9.93. The minimum Gasteiger partial charge on any atom is -0.365 e. The third-order valence-electron chi connectivity index (χ3n) is 6.48. The number of benzene rings is 3. The van der Waals surface area contributed by atoms with E-state index in [1.807, 2.05) is 42.5 Å². The lowest BCUT2D eigenvalue weighted by Crippen LogP contribution is -2.71. The molecule has 2 heterocycles. The molecule has 3 aromatic rings. The van der Waals surface area contributed by atoms with E-state index in [1.54, 1.807) is 56.3 Å². The number of fused-ring (bicyclic) bond motifs is 1. The summed E-state index contributed by atoms with van der Waals surface area (Å²) in [5, 5.41) is 2.89. The predicted octanol–water partition coefficient (Wildman–Crippen LogP) is 3.35. The van der Waals surface area contributed by atoms with E-state index in [0.717, 1.165) is 5.56 Å². The summed E-state index contributed by atoms with van der Waals surface area (Å²) in [4.78, 5) is 12.7. The van der Waals surface area contributed by atoms with Crippen LogP contribution in [-0.2, 0) is 24.2 Å². The van der Waals surface area contributed by atoms with Crippen molar-refractivity contribution in [1.29, 1.82) is 0 Å². The zero-order valence-electron chi connectivity index (χ0n) is 20.7. The Kier molecular flexibility index (Phi) is 7.15. The van der Waals surface area contributed by atoms with Crippen LogP contribution in [0.1, 0.15) is 24.2 Å². The van der Waals surface area contributed by atoms with E-state index < -0.39 is 34.1 Å². The number of carbonyl (C=O) groups is 1. The quantitative estimate of drug-likeness (QED) is 0.470. The third kappa shape index (κ3) is 5.61. The van der Waals surface area contributed by atoms with Gasteiger partial charge in [-0.2, -0.15) is 0 Å². The molecule has 0 saturated carbocycles. The van der Waals surface area contributed by atoms with Crippen LogP contribution in [0.2, 0.25) is 0 Å². The maximum Gasteiger partial charge on any atom is 0.251 e. The number of sulfonamides is 1. The lowest BCUT2D eigenvalue weighted by molar-refractivity contribution is -0.402. The standard InChI is InChI=1S/C28H30N2O6S/c1-28(2)35-23(17-29-27(31)20-13-7-4-8-14-20)25-26(36-28)22(34-25)18-30-37(32,33)24-16-10-9-15-21(24)19-11-5-3-6-12-19/h3-16,22-23,25-26,30H,17-18H2,1-2H3,(H,29,31)/t22-,23+,25?,26-/m1/s1. The summed E-state index contributed by atoms with van der Waals surface area (Å²) in [6.07, 6.45) is -1.73. The Balaban J connectivity index is 1.23. The molecule has 2 saturated heterocycles. The van der Waals surface area contributed by atoms with Crippen LogP contribution in [0.3, 0.4) is 0 Å². The Morgan fingerprint density at radius 3 is 2.19 bits per heavy atom. The second-order valence-corrected chi connectivity index (χ2v) is 11.3. The van der Waals surface area contributed by atoms with Gasteiger partial charge in [-0.15, -0.1) is 0 Å². The van der Waals surface area contributed by atoms with E-state index in [0.29, 0.717) is 11.1 Å². The van der Waals surface area contributed by atoms with Gasteiger partial charge in [-0.3, -0.25) is 4.79 Å². The summed E-state index contributed by atoms with van der Waals surface area (Å²) in [5.74, 6) is -1.12.